The lowest BCUT2D eigenvalue weighted by Crippen LogP contribution is -2.51. The highest BCUT2D eigenvalue weighted by atomic mass is 19.1. The Morgan fingerprint density at radius 3 is 2.29 bits per heavy atom. The molecule has 1 fully saturated rings. The van der Waals surface area contributed by atoms with Crippen molar-refractivity contribution in [2.24, 2.45) is 10.9 Å². The Morgan fingerprint density at radius 2 is 1.65 bits per heavy atom. The predicted octanol–water partition coefficient (Wildman–Crippen LogP) is 5.30. The van der Waals surface area contributed by atoms with Crippen LogP contribution in [0.1, 0.15) is 71.6 Å². The van der Waals surface area contributed by atoms with Gasteiger partial charge < -0.3 is 29.6 Å². The van der Waals surface area contributed by atoms with E-state index in [1.807, 2.05) is 30.3 Å². The third kappa shape index (κ3) is 10.8. The molecule has 1 aliphatic rings. The Hall–Kier alpha value is -4.91. The Kier molecular flexibility index (Phi) is 12.0. The fourth-order valence-electron chi connectivity index (χ4n) is 5.08. The van der Waals surface area contributed by atoms with Crippen LogP contribution >= 0.6 is 0 Å². The molecule has 2 heterocycles. The zero-order chi connectivity index (χ0) is 35.8. The number of hydrogen-bond donors (Lipinski definition) is 2. The molecule has 3 aromatic rings. The first-order chi connectivity index (χ1) is 23.1. The maximum absolute atomic E-state index is 13.8. The number of likely N-dealkylation sites (tertiary alicyclic amines) is 1. The molecule has 0 saturated carbocycles. The molecule has 2 N–H and O–H groups in total. The van der Waals surface area contributed by atoms with Gasteiger partial charge in [0.2, 0.25) is 5.91 Å². The van der Waals surface area contributed by atoms with Crippen LogP contribution in [0.3, 0.4) is 0 Å². The van der Waals surface area contributed by atoms with Crippen molar-refractivity contribution in [2.75, 3.05) is 25.0 Å². The van der Waals surface area contributed by atoms with Crippen molar-refractivity contribution in [2.45, 2.75) is 78.2 Å². The third-order valence-corrected chi connectivity index (χ3v) is 7.85. The summed E-state index contributed by atoms with van der Waals surface area (Å²) >= 11 is 0. The zero-order valence-corrected chi connectivity index (χ0v) is 28.9. The molecule has 2 aromatic carbocycles. The summed E-state index contributed by atoms with van der Waals surface area (Å²) in [6.45, 7) is 11.1. The van der Waals surface area contributed by atoms with Gasteiger partial charge in [-0.05, 0) is 76.6 Å². The van der Waals surface area contributed by atoms with Crippen molar-refractivity contribution in [3.8, 4) is 0 Å². The minimum Gasteiger partial charge on any atom is -0.444 e. The van der Waals surface area contributed by atoms with Gasteiger partial charge >= 0.3 is 6.09 Å². The molecule has 1 atom stereocenters. The van der Waals surface area contributed by atoms with Crippen LogP contribution < -0.4 is 10.6 Å². The van der Waals surface area contributed by atoms with E-state index in [9.17, 15) is 23.6 Å². The van der Waals surface area contributed by atoms with Crippen LogP contribution in [0.2, 0.25) is 0 Å². The summed E-state index contributed by atoms with van der Waals surface area (Å²) in [6.07, 6.45) is 3.85. The summed E-state index contributed by atoms with van der Waals surface area (Å²) in [5, 5.41) is 5.15. The fraction of sp³-hybridized carbons (Fsp3) is 0.444. The molecule has 1 unspecified atom stereocenters. The van der Waals surface area contributed by atoms with Gasteiger partial charge in [-0.2, -0.15) is 0 Å². The van der Waals surface area contributed by atoms with Crippen LogP contribution in [0, 0.1) is 11.7 Å². The summed E-state index contributed by atoms with van der Waals surface area (Å²) in [4.78, 5) is 63.3. The average Bonchev–Trinajstić information content (AvgIpc) is 3.48. The topological polar surface area (TPSA) is 144 Å². The lowest BCUT2D eigenvalue weighted by Gasteiger charge is -2.33. The van der Waals surface area contributed by atoms with E-state index in [4.69, 9.17) is 9.47 Å². The number of ether oxygens (including phenoxy) is 2. The number of carbonyl (C=O) groups is 4. The third-order valence-electron chi connectivity index (χ3n) is 7.85. The van der Waals surface area contributed by atoms with Crippen molar-refractivity contribution < 1.29 is 33.0 Å². The predicted molar refractivity (Wildman–Crippen MR) is 182 cm³/mol. The van der Waals surface area contributed by atoms with E-state index < -0.39 is 40.9 Å². The summed E-state index contributed by atoms with van der Waals surface area (Å²) in [5.74, 6) is -1.58. The second-order valence-corrected chi connectivity index (χ2v) is 13.7. The number of rotatable bonds is 11. The highest BCUT2D eigenvalue weighted by Gasteiger charge is 2.33. The molecule has 49 heavy (non-hydrogen) atoms. The number of imidazole rings is 1. The Balaban J connectivity index is 1.56. The van der Waals surface area contributed by atoms with Gasteiger partial charge in [-0.25, -0.2) is 19.2 Å². The first kappa shape index (κ1) is 36.9. The van der Waals surface area contributed by atoms with Gasteiger partial charge in [0.15, 0.2) is 5.82 Å². The molecular weight excluding hydrogens is 631 g/mol. The van der Waals surface area contributed by atoms with Crippen LogP contribution in [0.5, 0.6) is 0 Å². The smallest absolute Gasteiger partial charge is 0.408 e. The molecule has 1 saturated heterocycles. The van der Waals surface area contributed by atoms with Crippen molar-refractivity contribution in [1.82, 2.24) is 19.8 Å². The molecule has 12 nitrogen and oxygen atoms in total. The van der Waals surface area contributed by atoms with Crippen LogP contribution in [0.25, 0.3) is 0 Å². The first-order valence-corrected chi connectivity index (χ1v) is 16.2. The molecule has 1 aliphatic heterocycles. The van der Waals surface area contributed by atoms with E-state index in [2.05, 4.69) is 27.5 Å². The van der Waals surface area contributed by atoms with Crippen molar-refractivity contribution in [3.63, 3.8) is 0 Å². The van der Waals surface area contributed by atoms with Gasteiger partial charge in [-0.1, -0.05) is 49.4 Å². The molecule has 0 radical (unpaired) electrons. The SMILES string of the molecule is CC1CCN(C(=O)C(c2ccc(F)cc2)n2cnc(NC(=O)C(COCc3ccccc3)=NC(=O)C(C)(C)NC(=O)OC(C)(C)C)c2)CC1. The Labute approximate surface area is 286 Å². The Bertz CT molecular complexity index is 1640. The number of amides is 4. The molecule has 0 bridgehead atoms. The number of piperidine rings is 1. The zero-order valence-electron chi connectivity index (χ0n) is 28.9. The van der Waals surface area contributed by atoms with Crippen LogP contribution in [-0.2, 0) is 30.5 Å². The number of aromatic nitrogens is 2. The average molecular weight is 677 g/mol. The van der Waals surface area contributed by atoms with E-state index in [0.29, 0.717) is 24.6 Å². The summed E-state index contributed by atoms with van der Waals surface area (Å²) in [5.41, 5.74) is -1.17. The standard InChI is InChI=1S/C36H45FN6O6/c1-24-16-18-42(19-17-24)32(45)30(26-12-14-27(37)15-13-26)43-20-29(38-23-43)40-31(44)28(22-48-21-25-10-8-7-9-11-25)39-33(46)36(5,6)41-34(47)49-35(2,3)4/h7-15,20,23-24,30H,16-19,21-22H2,1-6H3,(H,40,44)(H,41,47). The highest BCUT2D eigenvalue weighted by molar-refractivity contribution is 6.45. The van der Waals surface area contributed by atoms with E-state index in [-0.39, 0.29) is 30.7 Å². The van der Waals surface area contributed by atoms with E-state index in [1.54, 1.807) is 42.4 Å². The second kappa shape index (κ2) is 16.0. The van der Waals surface area contributed by atoms with Crippen molar-refractivity contribution >= 4 is 35.3 Å². The van der Waals surface area contributed by atoms with Gasteiger partial charge in [0.1, 0.15) is 28.7 Å². The molecular formula is C36H45FN6O6. The van der Waals surface area contributed by atoms with Gasteiger partial charge in [0.05, 0.1) is 19.5 Å². The number of alkyl carbamates (subject to hydrolysis) is 1. The van der Waals surface area contributed by atoms with Gasteiger partial charge in [-0.15, -0.1) is 0 Å². The molecule has 0 aliphatic carbocycles. The highest BCUT2D eigenvalue weighted by Crippen LogP contribution is 2.26. The van der Waals surface area contributed by atoms with Gasteiger partial charge in [-0.3, -0.25) is 14.4 Å². The number of benzene rings is 2. The minimum atomic E-state index is -1.52. The minimum absolute atomic E-state index is 0.0894. The number of halogens is 1. The van der Waals surface area contributed by atoms with Crippen LogP contribution in [-0.4, -0.2) is 74.8 Å². The van der Waals surface area contributed by atoms with Gasteiger partial charge in [0.25, 0.3) is 11.8 Å². The van der Waals surface area contributed by atoms with E-state index in [1.165, 1.54) is 38.5 Å². The van der Waals surface area contributed by atoms with Crippen molar-refractivity contribution in [3.05, 3.63) is 84.1 Å². The normalized spacial score (nSPS) is 15.0. The Morgan fingerprint density at radius 1 is 1.00 bits per heavy atom. The largest absolute Gasteiger partial charge is 0.444 e. The number of carbonyl (C=O) groups excluding carboxylic acids is 4. The molecule has 4 rings (SSSR count). The van der Waals surface area contributed by atoms with Crippen LogP contribution in [0.4, 0.5) is 15.0 Å². The van der Waals surface area contributed by atoms with E-state index in [0.717, 1.165) is 18.4 Å². The number of nitrogens with one attached hydrogen (secondary N) is 2. The first-order valence-electron chi connectivity index (χ1n) is 16.2. The number of hydrogen-bond acceptors (Lipinski definition) is 7. The number of nitrogens with zero attached hydrogens (tertiary/aromatic N) is 4. The quantitative estimate of drug-likeness (QED) is 0.263. The maximum atomic E-state index is 13.8. The molecule has 0 spiro atoms. The lowest BCUT2D eigenvalue weighted by atomic mass is 9.97. The molecule has 262 valence electrons. The molecule has 1 aromatic heterocycles. The van der Waals surface area contributed by atoms with Crippen molar-refractivity contribution in [1.29, 1.82) is 0 Å². The summed E-state index contributed by atoms with van der Waals surface area (Å²) < 4.78 is 26.4. The number of anilines is 1. The summed E-state index contributed by atoms with van der Waals surface area (Å²) in [7, 11) is 0. The number of aliphatic imine (C=N–C) groups is 1. The summed E-state index contributed by atoms with van der Waals surface area (Å²) in [6, 6.07) is 14.1. The van der Waals surface area contributed by atoms with Gasteiger partial charge in [0, 0.05) is 19.3 Å². The monoisotopic (exact) mass is 676 g/mol. The fourth-order valence-corrected chi connectivity index (χ4v) is 5.08. The maximum Gasteiger partial charge on any atom is 0.408 e. The molecule has 4 amide bonds. The van der Waals surface area contributed by atoms with Crippen LogP contribution in [0.15, 0.2) is 72.1 Å². The van der Waals surface area contributed by atoms with E-state index >= 15 is 0 Å². The molecule has 13 heteroatoms. The lowest BCUT2D eigenvalue weighted by molar-refractivity contribution is -0.135. The second-order valence-electron chi connectivity index (χ2n) is 13.7.